The van der Waals surface area contributed by atoms with Crippen LogP contribution in [0.3, 0.4) is 0 Å². The molecule has 0 spiro atoms. The number of allylic oxidation sites excluding steroid dienone is 1. The van der Waals surface area contributed by atoms with Crippen LogP contribution < -0.4 is 0 Å². The molecule has 0 rings (SSSR count). The van der Waals surface area contributed by atoms with E-state index >= 15 is 0 Å². The number of carbonyl (C=O) groups is 2. The summed E-state index contributed by atoms with van der Waals surface area (Å²) in [4.78, 5) is 24.0. The molecule has 104 valence electrons. The predicted molar refractivity (Wildman–Crippen MR) is 73.1 cm³/mol. The molecule has 0 aliphatic heterocycles. The Bertz CT molecular complexity index is 326. The molecule has 0 aliphatic carbocycles. The van der Waals surface area contributed by atoms with E-state index < -0.39 is 21.7 Å². The first-order chi connectivity index (χ1) is 8.25. The van der Waals surface area contributed by atoms with Crippen LogP contribution in [0.4, 0.5) is 0 Å². The largest absolute Gasteiger partial charge is 0.480 e. The fourth-order valence-electron chi connectivity index (χ4n) is 1.40. The Morgan fingerprint density at radius 3 is 2.17 bits per heavy atom. The molecule has 0 bridgehead atoms. The van der Waals surface area contributed by atoms with Gasteiger partial charge in [-0.15, -0.1) is 0 Å². The van der Waals surface area contributed by atoms with E-state index in [9.17, 15) is 9.59 Å². The lowest BCUT2D eigenvalue weighted by Crippen LogP contribution is -2.49. The van der Waals surface area contributed by atoms with Gasteiger partial charge in [0.1, 0.15) is 6.04 Å². The Morgan fingerprint density at radius 2 is 1.83 bits per heavy atom. The SMILES string of the molecule is CC/C=C/CN(C(=O)C(Cl)(Cl)Cl)C(CC)C(=O)O. The Balaban J connectivity index is 5.09. The van der Waals surface area contributed by atoms with Crippen molar-refractivity contribution >= 4 is 46.7 Å². The molecule has 18 heavy (non-hydrogen) atoms. The second-order valence-electron chi connectivity index (χ2n) is 3.60. The lowest BCUT2D eigenvalue weighted by Gasteiger charge is -2.29. The van der Waals surface area contributed by atoms with Gasteiger partial charge in [0.15, 0.2) is 0 Å². The average Bonchev–Trinajstić information content (AvgIpc) is 2.25. The standard InChI is InChI=1S/C11H16Cl3NO3/c1-3-5-6-7-15(8(4-2)9(16)17)10(18)11(12,13)14/h5-6,8H,3-4,7H2,1-2H3,(H,16,17)/b6-5+. The Labute approximate surface area is 121 Å². The van der Waals surface area contributed by atoms with Crippen molar-refractivity contribution in [2.24, 2.45) is 0 Å². The maximum Gasteiger partial charge on any atom is 0.326 e. The maximum absolute atomic E-state index is 11.9. The fraction of sp³-hybridized carbons (Fsp3) is 0.636. The minimum Gasteiger partial charge on any atom is -0.480 e. The van der Waals surface area contributed by atoms with E-state index in [0.717, 1.165) is 11.3 Å². The van der Waals surface area contributed by atoms with Gasteiger partial charge in [-0.25, -0.2) is 4.79 Å². The van der Waals surface area contributed by atoms with E-state index in [-0.39, 0.29) is 13.0 Å². The molecule has 1 amide bonds. The summed E-state index contributed by atoms with van der Waals surface area (Å²) in [5.74, 6) is -1.95. The van der Waals surface area contributed by atoms with Crippen LogP contribution in [0.5, 0.6) is 0 Å². The molecule has 0 aliphatic rings. The molecule has 1 N–H and O–H groups in total. The highest BCUT2D eigenvalue weighted by atomic mass is 35.6. The van der Waals surface area contributed by atoms with Crippen LogP contribution >= 0.6 is 34.8 Å². The first kappa shape index (κ1) is 17.6. The highest BCUT2D eigenvalue weighted by molar-refractivity contribution is 6.76. The summed E-state index contributed by atoms with van der Waals surface area (Å²) < 4.78 is -2.15. The van der Waals surface area contributed by atoms with Crippen molar-refractivity contribution in [1.82, 2.24) is 4.90 Å². The van der Waals surface area contributed by atoms with Crippen molar-refractivity contribution in [3.8, 4) is 0 Å². The summed E-state index contributed by atoms with van der Waals surface area (Å²) in [5.41, 5.74) is 0. The van der Waals surface area contributed by atoms with E-state index in [0.29, 0.717) is 0 Å². The Morgan fingerprint density at radius 1 is 1.28 bits per heavy atom. The van der Waals surface area contributed by atoms with Crippen molar-refractivity contribution < 1.29 is 14.7 Å². The third-order valence-electron chi connectivity index (χ3n) is 2.26. The molecule has 1 atom stereocenters. The summed E-state index contributed by atoms with van der Waals surface area (Å²) in [6.07, 6.45) is 4.51. The molecule has 0 radical (unpaired) electrons. The maximum atomic E-state index is 11.9. The molecule has 0 heterocycles. The van der Waals surface area contributed by atoms with Gasteiger partial charge in [0, 0.05) is 6.54 Å². The van der Waals surface area contributed by atoms with Gasteiger partial charge in [-0.1, -0.05) is 60.8 Å². The first-order valence-electron chi connectivity index (χ1n) is 5.51. The highest BCUT2D eigenvalue weighted by Crippen LogP contribution is 2.29. The summed E-state index contributed by atoms with van der Waals surface area (Å²) in [7, 11) is 0. The van der Waals surface area contributed by atoms with Crippen molar-refractivity contribution in [3.05, 3.63) is 12.2 Å². The molecule has 0 aromatic rings. The number of carboxylic acid groups (broad SMARTS) is 1. The monoisotopic (exact) mass is 315 g/mol. The van der Waals surface area contributed by atoms with Crippen molar-refractivity contribution in [2.75, 3.05) is 6.54 Å². The molecule has 0 saturated carbocycles. The zero-order valence-corrected chi connectivity index (χ0v) is 12.5. The quantitative estimate of drug-likeness (QED) is 0.605. The van der Waals surface area contributed by atoms with E-state index in [2.05, 4.69) is 0 Å². The minimum absolute atomic E-state index is 0.103. The van der Waals surface area contributed by atoms with Gasteiger partial charge in [0.2, 0.25) is 0 Å². The smallest absolute Gasteiger partial charge is 0.326 e. The zero-order valence-electron chi connectivity index (χ0n) is 10.2. The number of aliphatic carboxylic acids is 1. The van der Waals surface area contributed by atoms with Crippen molar-refractivity contribution in [3.63, 3.8) is 0 Å². The number of hydrogen-bond acceptors (Lipinski definition) is 2. The van der Waals surface area contributed by atoms with Crippen LogP contribution in [0.2, 0.25) is 0 Å². The summed E-state index contributed by atoms with van der Waals surface area (Å²) >= 11 is 16.6. The van der Waals surface area contributed by atoms with E-state index in [1.165, 1.54) is 0 Å². The average molecular weight is 317 g/mol. The number of halogens is 3. The highest BCUT2D eigenvalue weighted by Gasteiger charge is 2.39. The van der Waals surface area contributed by atoms with E-state index in [4.69, 9.17) is 39.9 Å². The van der Waals surface area contributed by atoms with Gasteiger partial charge in [0.05, 0.1) is 0 Å². The fourth-order valence-corrected chi connectivity index (χ4v) is 1.72. The minimum atomic E-state index is -2.15. The third kappa shape index (κ3) is 5.46. The zero-order chi connectivity index (χ0) is 14.3. The second-order valence-corrected chi connectivity index (χ2v) is 5.88. The molecule has 0 saturated heterocycles. The Hall–Kier alpha value is -0.450. The predicted octanol–water partition coefficient (Wildman–Crippen LogP) is 3.01. The molecular formula is C11H16Cl3NO3. The van der Waals surface area contributed by atoms with Crippen molar-refractivity contribution in [2.45, 2.75) is 36.5 Å². The number of nitrogens with zero attached hydrogens (tertiary/aromatic N) is 1. The third-order valence-corrected chi connectivity index (χ3v) is 2.74. The van der Waals surface area contributed by atoms with Gasteiger partial charge < -0.3 is 10.0 Å². The topological polar surface area (TPSA) is 57.6 Å². The number of rotatable bonds is 6. The van der Waals surface area contributed by atoms with E-state index in [1.807, 2.05) is 13.0 Å². The van der Waals surface area contributed by atoms with Crippen molar-refractivity contribution in [1.29, 1.82) is 0 Å². The molecule has 0 aromatic heterocycles. The van der Waals surface area contributed by atoms with Crippen LogP contribution in [-0.2, 0) is 9.59 Å². The summed E-state index contributed by atoms with van der Waals surface area (Å²) in [6, 6.07) is -1.00. The molecular weight excluding hydrogens is 300 g/mol. The van der Waals surface area contributed by atoms with Crippen LogP contribution in [0.1, 0.15) is 26.7 Å². The Kier molecular flexibility index (Phi) is 7.67. The normalized spacial score (nSPS) is 13.6. The van der Waals surface area contributed by atoms with E-state index in [1.54, 1.807) is 13.0 Å². The molecule has 7 heteroatoms. The molecule has 4 nitrogen and oxygen atoms in total. The number of carboxylic acids is 1. The lowest BCUT2D eigenvalue weighted by atomic mass is 10.2. The number of hydrogen-bond donors (Lipinski definition) is 1. The van der Waals surface area contributed by atoms with Crippen LogP contribution in [-0.4, -0.2) is 38.3 Å². The van der Waals surface area contributed by atoms with Crippen LogP contribution in [0.15, 0.2) is 12.2 Å². The number of alkyl halides is 3. The molecule has 0 fully saturated rings. The van der Waals surface area contributed by atoms with Gasteiger partial charge in [-0.3, -0.25) is 4.79 Å². The second kappa shape index (κ2) is 7.87. The van der Waals surface area contributed by atoms with Crippen LogP contribution in [0.25, 0.3) is 0 Å². The van der Waals surface area contributed by atoms with Crippen LogP contribution in [0, 0.1) is 0 Å². The molecule has 1 unspecified atom stereocenters. The summed E-state index contributed by atoms with van der Waals surface area (Å²) in [5, 5.41) is 9.07. The van der Waals surface area contributed by atoms with Gasteiger partial charge in [0.25, 0.3) is 9.70 Å². The number of amides is 1. The number of carbonyl (C=O) groups excluding carboxylic acids is 1. The van der Waals surface area contributed by atoms with Gasteiger partial charge >= 0.3 is 5.97 Å². The molecule has 0 aromatic carbocycles. The lowest BCUT2D eigenvalue weighted by molar-refractivity contribution is -0.149. The van der Waals surface area contributed by atoms with Gasteiger partial charge in [-0.2, -0.15) is 0 Å². The summed E-state index contributed by atoms with van der Waals surface area (Å²) in [6.45, 7) is 3.68. The first-order valence-corrected chi connectivity index (χ1v) is 6.64. The van der Waals surface area contributed by atoms with Gasteiger partial charge in [-0.05, 0) is 12.8 Å².